The van der Waals surface area contributed by atoms with Gasteiger partial charge in [0.2, 0.25) is 5.96 Å². The van der Waals surface area contributed by atoms with Gasteiger partial charge in [-0.3, -0.25) is 0 Å². The maximum Gasteiger partial charge on any atom is 0.573 e. The Morgan fingerprint density at radius 3 is 2.03 bits per heavy atom. The van der Waals surface area contributed by atoms with Gasteiger partial charge in [0.1, 0.15) is 5.75 Å². The van der Waals surface area contributed by atoms with Crippen molar-refractivity contribution in [2.24, 2.45) is 28.7 Å². The summed E-state index contributed by atoms with van der Waals surface area (Å²) in [4.78, 5) is 16.6. The van der Waals surface area contributed by atoms with Crippen molar-refractivity contribution in [2.45, 2.75) is 75.2 Å². The zero-order valence-corrected chi connectivity index (χ0v) is 21.3. The topological polar surface area (TPSA) is 106 Å². The van der Waals surface area contributed by atoms with Crippen LogP contribution >= 0.6 is 0 Å². The average molecular weight is 532 g/mol. The molecule has 2 N–H and O–H groups in total. The summed E-state index contributed by atoms with van der Waals surface area (Å²) in [5.41, 5.74) is -0.321. The third-order valence-corrected chi connectivity index (χ3v) is 8.72. The molecule has 0 saturated heterocycles. The lowest BCUT2D eigenvalue weighted by atomic mass is 9.53. The Bertz CT molecular complexity index is 1070. The van der Waals surface area contributed by atoms with E-state index in [-0.39, 0.29) is 22.3 Å². The number of hydrogen-bond acceptors (Lipinski definition) is 6. The highest BCUT2D eigenvalue weighted by molar-refractivity contribution is 7.90. The van der Waals surface area contributed by atoms with Crippen molar-refractivity contribution in [1.29, 1.82) is 0 Å². The summed E-state index contributed by atoms with van der Waals surface area (Å²) >= 11 is 0. The van der Waals surface area contributed by atoms with E-state index in [1.807, 2.05) is 0 Å². The molecule has 0 aromatic heterocycles. The van der Waals surface area contributed by atoms with Crippen LogP contribution in [0.1, 0.15) is 52.4 Å². The Labute approximate surface area is 209 Å². The normalized spacial score (nSPS) is 28.6. The summed E-state index contributed by atoms with van der Waals surface area (Å²) in [5.74, 6) is 0.263. The van der Waals surface area contributed by atoms with E-state index < -0.39 is 34.1 Å². The van der Waals surface area contributed by atoms with Crippen LogP contribution in [0.15, 0.2) is 34.2 Å². The van der Waals surface area contributed by atoms with Gasteiger partial charge in [-0.1, -0.05) is 13.8 Å². The molecule has 200 valence electrons. The summed E-state index contributed by atoms with van der Waals surface area (Å²) in [6, 6.07) is 2.95. The molecular formula is C24H32F3N3O5S. The number of rotatable bonds is 7. The number of sulfonamides is 1. The highest BCUT2D eigenvalue weighted by atomic mass is 32.2. The molecule has 36 heavy (non-hydrogen) atoms. The van der Waals surface area contributed by atoms with Crippen LogP contribution in [0.2, 0.25) is 0 Å². The molecule has 0 radical (unpaired) electrons. The van der Waals surface area contributed by atoms with Crippen molar-refractivity contribution in [3.8, 4) is 5.75 Å². The molecule has 12 heteroatoms. The minimum Gasteiger partial charge on any atom is -0.467 e. The standard InChI is InChI=1S/C24H32F3N3O5S/c1-14(2)20(21(31)34-3)28-22(29-23-11-15-8-16(12-23)10-17(9-15)13-23)30-36(32,33)19-6-4-18(5-7-19)35-24(25,26)27/h4-7,14-17,20H,8-13H2,1-3H3,(H2,28,29,30). The molecule has 4 aliphatic rings. The first kappa shape index (κ1) is 26.6. The van der Waals surface area contributed by atoms with Gasteiger partial charge < -0.3 is 14.8 Å². The zero-order valence-electron chi connectivity index (χ0n) is 20.5. The number of methoxy groups -OCH3 is 1. The summed E-state index contributed by atoms with van der Waals surface area (Å²) in [7, 11) is -3.00. The molecule has 0 heterocycles. The van der Waals surface area contributed by atoms with Gasteiger partial charge in [-0.25, -0.2) is 22.9 Å². The first-order valence-electron chi connectivity index (χ1n) is 12.1. The smallest absolute Gasteiger partial charge is 0.467 e. The van der Waals surface area contributed by atoms with Crippen LogP contribution in [0.3, 0.4) is 0 Å². The van der Waals surface area contributed by atoms with Crippen LogP contribution < -0.4 is 14.8 Å². The van der Waals surface area contributed by atoms with Crippen LogP contribution in [-0.4, -0.2) is 45.4 Å². The number of hydrogen-bond donors (Lipinski definition) is 2. The summed E-state index contributed by atoms with van der Waals surface area (Å²) < 4.78 is 75.0. The lowest BCUT2D eigenvalue weighted by Gasteiger charge is -2.57. The number of carbonyl (C=O) groups excluding carboxylic acids is 1. The Morgan fingerprint density at radius 2 is 1.58 bits per heavy atom. The predicted molar refractivity (Wildman–Crippen MR) is 126 cm³/mol. The van der Waals surface area contributed by atoms with Gasteiger partial charge in [0.25, 0.3) is 10.0 Å². The fraction of sp³-hybridized carbons (Fsp3) is 0.667. The van der Waals surface area contributed by atoms with E-state index in [1.165, 1.54) is 26.4 Å². The van der Waals surface area contributed by atoms with Crippen molar-refractivity contribution in [1.82, 2.24) is 10.0 Å². The zero-order chi connectivity index (χ0) is 26.3. The number of aliphatic imine (C=N–C) groups is 1. The first-order chi connectivity index (χ1) is 16.8. The molecule has 0 spiro atoms. The van der Waals surface area contributed by atoms with E-state index in [0.717, 1.165) is 43.5 Å². The van der Waals surface area contributed by atoms with Crippen molar-refractivity contribution in [3.63, 3.8) is 0 Å². The molecule has 4 saturated carbocycles. The largest absolute Gasteiger partial charge is 0.573 e. The SMILES string of the molecule is COC(=O)C(N=C(NC12CC3CC(CC(C3)C1)C2)NS(=O)(=O)c1ccc(OC(F)(F)F)cc1)C(C)C. The van der Waals surface area contributed by atoms with Gasteiger partial charge in [-0.2, -0.15) is 0 Å². The lowest BCUT2D eigenvalue weighted by Crippen LogP contribution is -2.62. The minimum absolute atomic E-state index is 0.0586. The highest BCUT2D eigenvalue weighted by Crippen LogP contribution is 2.55. The Morgan fingerprint density at radius 1 is 1.06 bits per heavy atom. The number of guanidine groups is 1. The molecule has 1 unspecified atom stereocenters. The van der Waals surface area contributed by atoms with E-state index in [0.29, 0.717) is 17.8 Å². The van der Waals surface area contributed by atoms with E-state index in [9.17, 15) is 26.4 Å². The number of esters is 1. The molecule has 4 aliphatic carbocycles. The lowest BCUT2D eigenvalue weighted by molar-refractivity contribution is -0.274. The Kier molecular flexibility index (Phi) is 7.20. The fourth-order valence-corrected chi connectivity index (χ4v) is 7.31. The third kappa shape index (κ3) is 6.07. The van der Waals surface area contributed by atoms with Gasteiger partial charge in [-0.15, -0.1) is 13.2 Å². The number of halogens is 3. The van der Waals surface area contributed by atoms with E-state index >= 15 is 0 Å². The number of nitrogens with one attached hydrogen (secondary N) is 2. The van der Waals surface area contributed by atoms with Crippen LogP contribution in [0.5, 0.6) is 5.75 Å². The van der Waals surface area contributed by atoms with Gasteiger partial charge in [-0.05, 0) is 86.5 Å². The van der Waals surface area contributed by atoms with Crippen LogP contribution in [0, 0.1) is 23.7 Å². The van der Waals surface area contributed by atoms with Gasteiger partial charge in [0.15, 0.2) is 6.04 Å². The van der Waals surface area contributed by atoms with Crippen molar-refractivity contribution < 1.29 is 35.9 Å². The minimum atomic E-state index is -4.89. The second-order valence-electron chi connectivity index (χ2n) is 10.6. The van der Waals surface area contributed by atoms with E-state index in [2.05, 4.69) is 19.8 Å². The van der Waals surface area contributed by atoms with Crippen LogP contribution in [0.4, 0.5) is 13.2 Å². The van der Waals surface area contributed by atoms with Crippen LogP contribution in [-0.2, 0) is 19.6 Å². The van der Waals surface area contributed by atoms with Crippen molar-refractivity contribution in [3.05, 3.63) is 24.3 Å². The van der Waals surface area contributed by atoms with Crippen LogP contribution in [0.25, 0.3) is 0 Å². The number of alkyl halides is 3. The molecule has 4 fully saturated rings. The second kappa shape index (κ2) is 9.75. The quantitative estimate of drug-likeness (QED) is 0.313. The molecule has 1 atom stereocenters. The number of nitrogens with zero attached hydrogens (tertiary/aromatic N) is 1. The molecule has 8 nitrogen and oxygen atoms in total. The van der Waals surface area contributed by atoms with Gasteiger partial charge in [0, 0.05) is 5.54 Å². The Balaban J connectivity index is 1.62. The molecular weight excluding hydrogens is 499 g/mol. The maximum absolute atomic E-state index is 13.2. The summed E-state index contributed by atoms with van der Waals surface area (Å²) in [6.45, 7) is 3.56. The van der Waals surface area contributed by atoms with Gasteiger partial charge in [0.05, 0.1) is 12.0 Å². The predicted octanol–water partition coefficient (Wildman–Crippen LogP) is 3.98. The summed E-state index contributed by atoms with van der Waals surface area (Å²) in [6.07, 6.45) is 1.35. The summed E-state index contributed by atoms with van der Waals surface area (Å²) in [5, 5.41) is 3.37. The fourth-order valence-electron chi connectivity index (χ4n) is 6.34. The Hall–Kier alpha value is -2.50. The molecule has 0 aliphatic heterocycles. The second-order valence-corrected chi connectivity index (χ2v) is 12.3. The molecule has 5 rings (SSSR count). The number of carbonyl (C=O) groups is 1. The monoisotopic (exact) mass is 531 g/mol. The third-order valence-electron chi connectivity index (χ3n) is 7.36. The number of ether oxygens (including phenoxy) is 2. The van der Waals surface area contributed by atoms with E-state index in [4.69, 9.17) is 4.74 Å². The van der Waals surface area contributed by atoms with E-state index in [1.54, 1.807) is 13.8 Å². The van der Waals surface area contributed by atoms with Crippen molar-refractivity contribution in [2.75, 3.05) is 7.11 Å². The maximum atomic E-state index is 13.2. The van der Waals surface area contributed by atoms with Gasteiger partial charge >= 0.3 is 12.3 Å². The average Bonchev–Trinajstić information content (AvgIpc) is 2.74. The highest BCUT2D eigenvalue weighted by Gasteiger charge is 2.51. The molecule has 1 aromatic carbocycles. The molecule has 4 bridgehead atoms. The first-order valence-corrected chi connectivity index (χ1v) is 13.6. The molecule has 1 aromatic rings. The number of benzene rings is 1. The van der Waals surface area contributed by atoms with Crippen molar-refractivity contribution >= 4 is 22.0 Å². The molecule has 0 amide bonds.